The third-order valence-corrected chi connectivity index (χ3v) is 7.12. The fourth-order valence-corrected chi connectivity index (χ4v) is 4.81. The van der Waals surface area contributed by atoms with E-state index in [2.05, 4.69) is 25.0 Å². The summed E-state index contributed by atoms with van der Waals surface area (Å²) >= 11 is 0. The van der Waals surface area contributed by atoms with Crippen molar-refractivity contribution in [2.75, 3.05) is 36.0 Å². The fraction of sp³-hybridized carbons (Fsp3) is 0.280. The number of benzene rings is 2. The highest BCUT2D eigenvalue weighted by atomic mass is 32.2. The van der Waals surface area contributed by atoms with Gasteiger partial charge in [-0.3, -0.25) is 9.59 Å². The number of rotatable bonds is 9. The van der Waals surface area contributed by atoms with E-state index in [9.17, 15) is 22.4 Å². The second kappa shape index (κ2) is 12.0. The van der Waals surface area contributed by atoms with Crippen LogP contribution in [-0.4, -0.2) is 62.5 Å². The van der Waals surface area contributed by atoms with Crippen LogP contribution in [0.5, 0.6) is 0 Å². The molecule has 3 aromatic rings. The topological polar surface area (TPSA) is 134 Å². The molecule has 2 heterocycles. The zero-order chi connectivity index (χ0) is 27.1. The molecule has 2 aromatic carbocycles. The molecule has 1 fully saturated rings. The van der Waals surface area contributed by atoms with Crippen molar-refractivity contribution >= 4 is 33.5 Å². The summed E-state index contributed by atoms with van der Waals surface area (Å²) in [5.41, 5.74) is 0.477. The predicted molar refractivity (Wildman–Crippen MR) is 137 cm³/mol. The van der Waals surface area contributed by atoms with Gasteiger partial charge in [0.2, 0.25) is 5.95 Å². The zero-order valence-electron chi connectivity index (χ0n) is 20.6. The smallest absolute Gasteiger partial charge is 0.327 e. The molecule has 0 bridgehead atoms. The first kappa shape index (κ1) is 26.9. The van der Waals surface area contributed by atoms with Crippen molar-refractivity contribution in [1.29, 1.82) is 0 Å². The molecule has 1 aliphatic heterocycles. The summed E-state index contributed by atoms with van der Waals surface area (Å²) in [5, 5.41) is 2.50. The molecule has 1 amide bonds. The molecule has 1 saturated heterocycles. The second-order valence-electron chi connectivity index (χ2n) is 8.58. The van der Waals surface area contributed by atoms with Crippen molar-refractivity contribution in [3.63, 3.8) is 0 Å². The van der Waals surface area contributed by atoms with Crippen molar-refractivity contribution < 1.29 is 27.2 Å². The molecule has 0 aliphatic carbocycles. The largest absolute Gasteiger partial charge is 0.365 e. The van der Waals surface area contributed by atoms with Crippen LogP contribution in [0.15, 0.2) is 71.9 Å². The number of hydrogen-bond donors (Lipinski definition) is 2. The highest BCUT2D eigenvalue weighted by molar-refractivity contribution is 7.89. The van der Waals surface area contributed by atoms with Gasteiger partial charge in [0.05, 0.1) is 17.0 Å². The summed E-state index contributed by atoms with van der Waals surface area (Å²) in [5.74, 6) is -1.37. The number of amides is 1. The average Bonchev–Trinajstić information content (AvgIpc) is 2.93. The minimum atomic E-state index is -4.01. The Morgan fingerprint density at radius 2 is 1.82 bits per heavy atom. The Balaban J connectivity index is 1.25. The molecule has 0 radical (unpaired) electrons. The molecule has 2 N–H and O–H groups in total. The van der Waals surface area contributed by atoms with Crippen LogP contribution < -0.4 is 20.0 Å². The average molecular weight is 543 g/mol. The fourth-order valence-electron chi connectivity index (χ4n) is 4.00. The molecule has 1 atom stereocenters. The molecule has 11 nitrogen and oxygen atoms in total. The Morgan fingerprint density at radius 1 is 1.08 bits per heavy atom. The maximum atomic E-state index is 14.9. The molecular formula is C25H27FN6O5S. The van der Waals surface area contributed by atoms with E-state index < -0.39 is 27.7 Å². The predicted octanol–water partition coefficient (Wildman–Crippen LogP) is 1.89. The standard InChI is InChI=1S/C25H27FN6O5S/c1-18-17-31(14-15-32(18)25-28-11-5-12-29-25)22-9-8-19(16-21(22)26)24(34)27-13-10-23(33)37-30-38(35,36)20-6-3-2-4-7-20/h2-9,11-12,16,18,30H,10,13-15,17H2,1H3,(H,27,34)/t18-/m0/s1. The molecule has 0 spiro atoms. The number of carbonyl (C=O) groups excluding carboxylic acids is 2. The number of hydrogen-bond acceptors (Lipinski definition) is 9. The van der Waals surface area contributed by atoms with Gasteiger partial charge in [-0.2, -0.15) is 0 Å². The van der Waals surface area contributed by atoms with Crippen LogP contribution >= 0.6 is 0 Å². The summed E-state index contributed by atoms with van der Waals surface area (Å²) in [6.45, 7) is 3.61. The van der Waals surface area contributed by atoms with E-state index in [1.165, 1.54) is 30.3 Å². The molecule has 38 heavy (non-hydrogen) atoms. The maximum absolute atomic E-state index is 14.9. The SMILES string of the molecule is C[C@H]1CN(c2ccc(C(=O)NCCC(=O)ONS(=O)(=O)c3ccccc3)cc2F)CCN1c1ncccn1. The van der Waals surface area contributed by atoms with Crippen LogP contribution in [0.2, 0.25) is 0 Å². The third-order valence-electron chi connectivity index (χ3n) is 5.92. The lowest BCUT2D eigenvalue weighted by atomic mass is 10.1. The van der Waals surface area contributed by atoms with Gasteiger partial charge in [0, 0.05) is 50.2 Å². The van der Waals surface area contributed by atoms with Gasteiger partial charge in [0.25, 0.3) is 15.9 Å². The monoisotopic (exact) mass is 542 g/mol. The Labute approximate surface area is 219 Å². The lowest BCUT2D eigenvalue weighted by Crippen LogP contribution is -2.53. The van der Waals surface area contributed by atoms with E-state index in [1.54, 1.807) is 35.5 Å². The first-order chi connectivity index (χ1) is 18.2. The molecule has 200 valence electrons. The highest BCUT2D eigenvalue weighted by Gasteiger charge is 2.27. The third kappa shape index (κ3) is 6.61. The summed E-state index contributed by atoms with van der Waals surface area (Å²) < 4.78 is 39.1. The van der Waals surface area contributed by atoms with Crippen LogP contribution in [0.1, 0.15) is 23.7 Å². The zero-order valence-corrected chi connectivity index (χ0v) is 21.4. The first-order valence-electron chi connectivity index (χ1n) is 11.9. The number of carbonyl (C=O) groups is 2. The number of nitrogens with zero attached hydrogens (tertiary/aromatic N) is 4. The van der Waals surface area contributed by atoms with Gasteiger partial charge >= 0.3 is 5.97 Å². The first-order valence-corrected chi connectivity index (χ1v) is 13.4. The number of halogens is 1. The van der Waals surface area contributed by atoms with Crippen molar-refractivity contribution in [2.45, 2.75) is 24.3 Å². The summed E-state index contributed by atoms with van der Waals surface area (Å²) in [6, 6.07) is 13.4. The van der Waals surface area contributed by atoms with E-state index in [0.29, 0.717) is 31.3 Å². The normalized spacial score (nSPS) is 15.7. The minimum Gasteiger partial charge on any atom is -0.365 e. The summed E-state index contributed by atoms with van der Waals surface area (Å²) in [7, 11) is -4.01. The van der Waals surface area contributed by atoms with Gasteiger partial charge in [0.15, 0.2) is 0 Å². The van der Waals surface area contributed by atoms with Crippen molar-refractivity contribution in [3.8, 4) is 0 Å². The number of sulfonamides is 1. The molecule has 13 heteroatoms. The molecule has 4 rings (SSSR count). The number of piperazine rings is 1. The van der Waals surface area contributed by atoms with Gasteiger partial charge in [-0.1, -0.05) is 18.2 Å². The number of nitrogens with one attached hydrogen (secondary N) is 2. The minimum absolute atomic E-state index is 0.0467. The molecule has 0 saturated carbocycles. The van der Waals surface area contributed by atoms with E-state index in [-0.39, 0.29) is 29.5 Å². The van der Waals surface area contributed by atoms with Gasteiger partial charge < -0.3 is 20.0 Å². The number of aromatic nitrogens is 2. The van der Waals surface area contributed by atoms with Crippen molar-refractivity contribution in [3.05, 3.63) is 78.4 Å². The number of anilines is 2. The lowest BCUT2D eigenvalue weighted by molar-refractivity contribution is -0.146. The Morgan fingerprint density at radius 3 is 2.50 bits per heavy atom. The van der Waals surface area contributed by atoms with Crippen LogP contribution in [0, 0.1) is 5.82 Å². The molecule has 0 unspecified atom stereocenters. The van der Waals surface area contributed by atoms with Crippen LogP contribution in [0.4, 0.5) is 16.0 Å². The summed E-state index contributed by atoms with van der Waals surface area (Å²) in [6.07, 6.45) is 3.07. The van der Waals surface area contributed by atoms with Gasteiger partial charge in [-0.25, -0.2) is 22.8 Å². The van der Waals surface area contributed by atoms with E-state index in [1.807, 2.05) is 11.8 Å². The van der Waals surface area contributed by atoms with E-state index >= 15 is 0 Å². The van der Waals surface area contributed by atoms with Crippen LogP contribution in [0.25, 0.3) is 0 Å². The molecular weight excluding hydrogens is 515 g/mol. The molecule has 1 aromatic heterocycles. The second-order valence-corrected chi connectivity index (χ2v) is 10.2. The quantitative estimate of drug-likeness (QED) is 0.389. The van der Waals surface area contributed by atoms with E-state index in [0.717, 1.165) is 6.07 Å². The Hall–Kier alpha value is -4.10. The highest BCUT2D eigenvalue weighted by Crippen LogP contribution is 2.25. The van der Waals surface area contributed by atoms with Crippen molar-refractivity contribution in [2.24, 2.45) is 0 Å². The Bertz CT molecular complexity index is 1380. The van der Waals surface area contributed by atoms with Crippen LogP contribution in [-0.2, 0) is 19.7 Å². The van der Waals surface area contributed by atoms with E-state index in [4.69, 9.17) is 0 Å². The lowest BCUT2D eigenvalue weighted by Gasteiger charge is -2.41. The van der Waals surface area contributed by atoms with Crippen molar-refractivity contribution in [1.82, 2.24) is 20.2 Å². The summed E-state index contributed by atoms with van der Waals surface area (Å²) in [4.78, 5) is 43.1. The maximum Gasteiger partial charge on any atom is 0.327 e. The van der Waals surface area contributed by atoms with Gasteiger partial charge in [0.1, 0.15) is 5.82 Å². The van der Waals surface area contributed by atoms with Gasteiger partial charge in [-0.05, 0) is 48.2 Å². The van der Waals surface area contributed by atoms with Gasteiger partial charge in [-0.15, -0.1) is 0 Å². The van der Waals surface area contributed by atoms with Crippen LogP contribution in [0.3, 0.4) is 0 Å². The molecule has 1 aliphatic rings. The Kier molecular flexibility index (Phi) is 8.48.